The van der Waals surface area contributed by atoms with E-state index >= 15 is 0 Å². The van der Waals surface area contributed by atoms with Gasteiger partial charge in [0.25, 0.3) is 0 Å². The lowest BCUT2D eigenvalue weighted by atomic mass is 9.93. The number of likely N-dealkylation sites (N-methyl/N-ethyl adjacent to an activating group) is 1. The minimum atomic E-state index is -1.68. The number of unbranched alkanes of at least 4 members (excludes halogenated alkanes) is 1. The molecule has 0 spiro atoms. The number of methoxy groups -OCH3 is 1. The van der Waals surface area contributed by atoms with Crippen LogP contribution in [0.1, 0.15) is 106 Å². The van der Waals surface area contributed by atoms with Crippen LogP contribution in [0.15, 0.2) is 36.4 Å². The molecule has 2 aromatic carbocycles. The highest BCUT2D eigenvalue weighted by molar-refractivity contribution is 7.82. The number of nitrogens with one attached hydrogen (secondary N) is 6. The van der Waals surface area contributed by atoms with Gasteiger partial charge in [0.2, 0.25) is 17.7 Å². The number of esters is 1. The minimum absolute atomic E-state index is 0.0285. The van der Waals surface area contributed by atoms with Gasteiger partial charge in [-0.25, -0.2) is 28.1 Å². The van der Waals surface area contributed by atoms with E-state index in [9.17, 15) is 37.8 Å². The monoisotopic (exact) mass is 1000 g/mol. The van der Waals surface area contributed by atoms with Crippen molar-refractivity contribution in [2.45, 2.75) is 136 Å². The summed E-state index contributed by atoms with van der Waals surface area (Å²) in [4.78, 5) is 94.4. The first-order valence-electron chi connectivity index (χ1n) is 23.1. The van der Waals surface area contributed by atoms with Crippen LogP contribution in [-0.4, -0.2) is 139 Å². The summed E-state index contributed by atoms with van der Waals surface area (Å²) in [5, 5.41) is 13.4. The summed E-state index contributed by atoms with van der Waals surface area (Å²) >= 11 is 0. The molecule has 0 saturated heterocycles. The van der Waals surface area contributed by atoms with Gasteiger partial charge < -0.3 is 59.9 Å². The number of hydrogen-bond donors (Lipinski definition) is 6. The number of carbonyl (C=O) groups excluding carboxylic acids is 7. The normalized spacial score (nSPS) is 17.2. The number of hydrogen-bond acceptors (Lipinski definition) is 14. The molecule has 70 heavy (non-hydrogen) atoms. The molecule has 21 nitrogen and oxygen atoms in total. The van der Waals surface area contributed by atoms with Crippen LogP contribution in [0.2, 0.25) is 0 Å². The third-order valence-electron chi connectivity index (χ3n) is 9.88. The van der Waals surface area contributed by atoms with E-state index in [2.05, 4.69) is 31.3 Å². The number of carbonyl (C=O) groups is 7. The first-order chi connectivity index (χ1) is 32.6. The van der Waals surface area contributed by atoms with Crippen molar-refractivity contribution in [2.75, 3.05) is 53.3 Å². The van der Waals surface area contributed by atoms with E-state index in [4.69, 9.17) is 28.4 Å². The zero-order valence-electron chi connectivity index (χ0n) is 42.7. The fourth-order valence-electron chi connectivity index (χ4n) is 6.91. The summed E-state index contributed by atoms with van der Waals surface area (Å²) in [5.41, 5.74) is -0.609. The first-order valence-corrected chi connectivity index (χ1v) is 24.6. The fourth-order valence-corrected chi connectivity index (χ4v) is 7.53. The van der Waals surface area contributed by atoms with Crippen molar-refractivity contribution in [3.8, 4) is 22.6 Å². The second kappa shape index (κ2) is 26.2. The highest BCUT2D eigenvalue weighted by Gasteiger charge is 2.36. The molecule has 4 bridgehead atoms. The quantitative estimate of drug-likeness (QED) is 0.0690. The second-order valence-corrected chi connectivity index (χ2v) is 20.7. The van der Waals surface area contributed by atoms with Gasteiger partial charge in [0.15, 0.2) is 0 Å². The van der Waals surface area contributed by atoms with E-state index in [-0.39, 0.29) is 62.8 Å². The van der Waals surface area contributed by atoms with Crippen LogP contribution in [-0.2, 0) is 55.5 Å². The van der Waals surface area contributed by atoms with E-state index < -0.39 is 93.9 Å². The zero-order valence-corrected chi connectivity index (χ0v) is 43.5. The average molecular weight is 1000 g/mol. The number of ether oxygens (including phenoxy) is 6. The van der Waals surface area contributed by atoms with Gasteiger partial charge in [0.05, 0.1) is 37.2 Å². The van der Waals surface area contributed by atoms with Gasteiger partial charge in [-0.2, -0.15) is 0 Å². The minimum Gasteiger partial charge on any atom is -0.491 e. The topological polar surface area (TPSA) is 267 Å². The van der Waals surface area contributed by atoms with Gasteiger partial charge in [-0.1, -0.05) is 12.1 Å². The summed E-state index contributed by atoms with van der Waals surface area (Å²) in [6.45, 7) is 17.3. The third kappa shape index (κ3) is 20.1. The Kier molecular flexibility index (Phi) is 21.7. The molecule has 0 radical (unpaired) electrons. The molecule has 2 aromatic rings. The van der Waals surface area contributed by atoms with Gasteiger partial charge in [0, 0.05) is 37.4 Å². The highest BCUT2D eigenvalue weighted by atomic mass is 32.2. The lowest BCUT2D eigenvalue weighted by Gasteiger charge is -2.32. The number of benzene rings is 2. The maximum Gasteiger partial charge on any atom is 0.407 e. The molecule has 0 fully saturated rings. The molecule has 6 N–H and O–H groups in total. The first kappa shape index (κ1) is 58.2. The molecule has 1 unspecified atom stereocenters. The van der Waals surface area contributed by atoms with E-state index in [1.807, 2.05) is 0 Å². The van der Waals surface area contributed by atoms with Gasteiger partial charge in [-0.05, 0) is 124 Å². The van der Waals surface area contributed by atoms with Crippen molar-refractivity contribution in [3.63, 3.8) is 0 Å². The third-order valence-corrected chi connectivity index (χ3v) is 10.5. The molecular weight excluding hydrogens is 931 g/mol. The van der Waals surface area contributed by atoms with Crippen LogP contribution in [0.3, 0.4) is 0 Å². The SMILES string of the molecule is COC(=O)[C@@H]1Cc2ccc(OCCNC(=O)OC(C)(C)C)c(c2)-c2cc(ccc2OCCNC(=O)OC(C)(C)C)[C@H](N(C)C(=O)[C@H](CCCCNC(=O)OC(C)(C)C)NS(C)=O)C(=O)N[C@@H](C)C(=O)N1. The van der Waals surface area contributed by atoms with Crippen molar-refractivity contribution in [1.82, 2.24) is 36.2 Å². The molecular formula is C48H73N7O14S. The van der Waals surface area contributed by atoms with Gasteiger partial charge >= 0.3 is 24.2 Å². The maximum absolute atomic E-state index is 14.6. The molecule has 1 aliphatic heterocycles. The summed E-state index contributed by atoms with van der Waals surface area (Å²) in [6, 6.07) is 4.94. The predicted molar refractivity (Wildman–Crippen MR) is 261 cm³/mol. The largest absolute Gasteiger partial charge is 0.491 e. The maximum atomic E-state index is 14.6. The summed E-state index contributed by atoms with van der Waals surface area (Å²) < 4.78 is 49.1. The molecule has 5 atom stereocenters. The zero-order chi connectivity index (χ0) is 52.6. The van der Waals surface area contributed by atoms with Crippen LogP contribution in [0.25, 0.3) is 11.1 Å². The number of rotatable bonds is 18. The van der Waals surface area contributed by atoms with E-state index in [1.54, 1.807) is 98.7 Å². The van der Waals surface area contributed by atoms with Crippen molar-refractivity contribution in [2.24, 2.45) is 0 Å². The number of alkyl carbamates (subject to hydrolysis) is 3. The Morgan fingerprint density at radius 1 is 0.729 bits per heavy atom. The van der Waals surface area contributed by atoms with Crippen LogP contribution in [0.5, 0.6) is 11.5 Å². The van der Waals surface area contributed by atoms with E-state index in [0.717, 1.165) is 0 Å². The Morgan fingerprint density at radius 3 is 1.73 bits per heavy atom. The average Bonchev–Trinajstić information content (AvgIpc) is 3.23. The Labute approximate surface area is 413 Å². The highest BCUT2D eigenvalue weighted by Crippen LogP contribution is 2.40. The van der Waals surface area contributed by atoms with Crippen molar-refractivity contribution in [3.05, 3.63) is 47.5 Å². The Balaban J connectivity index is 2.19. The molecule has 22 heteroatoms. The molecule has 390 valence electrons. The molecule has 3 rings (SSSR count). The van der Waals surface area contributed by atoms with Crippen molar-refractivity contribution < 1.29 is 66.2 Å². The lowest BCUT2D eigenvalue weighted by Crippen LogP contribution is -2.54. The molecule has 0 aromatic heterocycles. The summed E-state index contributed by atoms with van der Waals surface area (Å²) in [6.07, 6.45) is 0.413. The van der Waals surface area contributed by atoms with E-state index in [0.29, 0.717) is 29.5 Å². The van der Waals surface area contributed by atoms with Gasteiger partial charge in [-0.15, -0.1) is 0 Å². The predicted octanol–water partition coefficient (Wildman–Crippen LogP) is 4.33. The molecule has 0 aliphatic carbocycles. The molecule has 6 amide bonds. The number of fused-ring (bicyclic) bond motifs is 5. The van der Waals surface area contributed by atoms with E-state index in [1.165, 1.54) is 32.2 Å². The smallest absolute Gasteiger partial charge is 0.407 e. The van der Waals surface area contributed by atoms with Gasteiger partial charge in [0.1, 0.15) is 59.6 Å². The van der Waals surface area contributed by atoms with Gasteiger partial charge in [-0.3, -0.25) is 14.4 Å². The lowest BCUT2D eigenvalue weighted by molar-refractivity contribution is -0.145. The standard InChI is InChI=1S/C48H73N7O14S/c1-29-39(56)53-35(42(59)64-12)27-30-17-19-36(65-24-22-50-44(61)68-47(5,6)7)32(26-30)33-28-31(18-20-37(33)66-25-23-51-45(62)69-48(8,9)10)38(40(57)52-29)55(11)41(58)34(54-70(13)63)16-14-15-21-49-43(60)67-46(2,3)4/h17-20,26,28-29,34-35,38,54H,14-16,21-25,27H2,1-13H3,(H,49,60)(H,50,61)(H,51,62)(H,52,57)(H,53,56)/t29-,34-,35-,38-,70?/m0/s1. The number of nitrogens with zero attached hydrogens (tertiary/aromatic N) is 1. The Morgan fingerprint density at radius 2 is 1.23 bits per heavy atom. The second-order valence-electron chi connectivity index (χ2n) is 19.6. The van der Waals surface area contributed by atoms with Crippen LogP contribution >= 0.6 is 0 Å². The molecule has 1 aliphatic rings. The summed E-state index contributed by atoms with van der Waals surface area (Å²) in [5.74, 6) is -2.31. The number of amides is 6. The van der Waals surface area contributed by atoms with Crippen LogP contribution in [0, 0.1) is 0 Å². The molecule has 0 saturated carbocycles. The Bertz CT molecular complexity index is 2190. The van der Waals surface area contributed by atoms with Crippen LogP contribution in [0.4, 0.5) is 14.4 Å². The van der Waals surface area contributed by atoms with Crippen LogP contribution < -0.4 is 40.8 Å². The summed E-state index contributed by atoms with van der Waals surface area (Å²) in [7, 11) is 0.909. The van der Waals surface area contributed by atoms with Crippen molar-refractivity contribution in [1.29, 1.82) is 0 Å². The van der Waals surface area contributed by atoms with Crippen molar-refractivity contribution >= 4 is 53.0 Å². The Hall–Kier alpha value is -6.16. The molecule has 1 heterocycles. The fraction of sp³-hybridized carbons (Fsp3) is 0.604.